The molecule has 1 aliphatic heterocycles. The van der Waals surface area contributed by atoms with Gasteiger partial charge in [0.15, 0.2) is 16.9 Å². The summed E-state index contributed by atoms with van der Waals surface area (Å²) in [5.74, 6) is -4.09. The molecule has 17 heteroatoms. The minimum atomic E-state index is -5.11. The maximum Gasteiger partial charge on any atom is 0.365 e. The third kappa shape index (κ3) is 6.34. The summed E-state index contributed by atoms with van der Waals surface area (Å²) in [4.78, 5) is 57.7. The molecule has 0 radical (unpaired) electrons. The van der Waals surface area contributed by atoms with Crippen molar-refractivity contribution in [2.45, 2.75) is 18.7 Å². The van der Waals surface area contributed by atoms with E-state index in [9.17, 15) is 32.1 Å². The Morgan fingerprint density at radius 1 is 1.28 bits per heavy atom. The van der Waals surface area contributed by atoms with Gasteiger partial charge in [-0.25, -0.2) is 4.98 Å². The summed E-state index contributed by atoms with van der Waals surface area (Å²) in [5.41, 5.74) is 0.0510. The van der Waals surface area contributed by atoms with Crippen LogP contribution in [0.1, 0.15) is 11.3 Å². The summed E-state index contributed by atoms with van der Waals surface area (Å²) < 4.78 is 37.7. The lowest BCUT2D eigenvalue weighted by molar-refractivity contribution is -0.179. The number of ether oxygens (including phenoxy) is 1. The van der Waals surface area contributed by atoms with E-state index in [-0.39, 0.29) is 27.4 Å². The second kappa shape index (κ2) is 11.4. The Hall–Kier alpha value is -3.60. The molecule has 2 heterocycles. The number of rotatable bonds is 10. The zero-order valence-corrected chi connectivity index (χ0v) is 20.7. The first-order chi connectivity index (χ1) is 17.0. The van der Waals surface area contributed by atoms with E-state index in [4.69, 9.17) is 16.3 Å². The van der Waals surface area contributed by atoms with Gasteiger partial charge < -0.3 is 20.2 Å². The number of hydrogen-bond acceptors (Lipinski definition) is 11. The molecule has 1 aromatic heterocycles. The van der Waals surface area contributed by atoms with Gasteiger partial charge in [0.05, 0.1) is 6.42 Å². The quantitative estimate of drug-likeness (QED) is 0.0884. The Bertz CT molecular complexity index is 1300. The third-order valence-electron chi connectivity index (χ3n) is 4.49. The van der Waals surface area contributed by atoms with Crippen LogP contribution < -0.4 is 10.6 Å². The van der Waals surface area contributed by atoms with Gasteiger partial charge in [0.25, 0.3) is 11.8 Å². The van der Waals surface area contributed by atoms with Crippen LogP contribution in [0.5, 0.6) is 0 Å². The number of amides is 3. The van der Waals surface area contributed by atoms with E-state index in [0.717, 1.165) is 18.4 Å². The highest BCUT2D eigenvalue weighted by atomic mass is 35.5. The van der Waals surface area contributed by atoms with Gasteiger partial charge in [-0.1, -0.05) is 35.5 Å². The van der Waals surface area contributed by atoms with Gasteiger partial charge in [0.1, 0.15) is 18.7 Å². The van der Waals surface area contributed by atoms with E-state index in [0.29, 0.717) is 5.56 Å². The van der Waals surface area contributed by atoms with E-state index >= 15 is 0 Å². The molecule has 2 atom stereocenters. The van der Waals surface area contributed by atoms with Crippen LogP contribution in [0.2, 0.25) is 0 Å². The maximum absolute atomic E-state index is 12.9. The van der Waals surface area contributed by atoms with Crippen LogP contribution in [-0.2, 0) is 45.5 Å². The number of nitrogens with zero attached hydrogens (tertiary/aromatic N) is 3. The summed E-state index contributed by atoms with van der Waals surface area (Å²) in [6, 6.07) is 6.64. The number of anilines is 1. The van der Waals surface area contributed by atoms with Gasteiger partial charge >= 0.3 is 16.3 Å². The Morgan fingerprint density at radius 3 is 2.58 bits per heavy atom. The molecular weight excluding hydrogens is 542 g/mol. The van der Waals surface area contributed by atoms with E-state index in [1.165, 1.54) is 5.38 Å². The molecular formula is C19H18ClN5O9S2. The van der Waals surface area contributed by atoms with Gasteiger partial charge in [-0.2, -0.15) is 12.7 Å². The first-order valence-corrected chi connectivity index (χ1v) is 12.6. The molecule has 36 heavy (non-hydrogen) atoms. The molecule has 1 fully saturated rings. The zero-order chi connectivity index (χ0) is 26.5. The van der Waals surface area contributed by atoms with Gasteiger partial charge in [-0.3, -0.25) is 23.7 Å². The number of nitrogens with one attached hydrogen (secondary N) is 2. The minimum Gasteiger partial charge on any atom is -0.437 e. The Kier molecular flexibility index (Phi) is 8.57. The average molecular weight is 560 g/mol. The molecule has 1 aliphatic rings. The predicted octanol–water partition coefficient (Wildman–Crippen LogP) is -0.0873. The Balaban J connectivity index is 1.77. The summed E-state index contributed by atoms with van der Waals surface area (Å²) in [6.45, 7) is 0. The lowest BCUT2D eigenvalue weighted by atomic mass is 10.1. The van der Waals surface area contributed by atoms with E-state index < -0.39 is 52.0 Å². The second-order valence-electron chi connectivity index (χ2n) is 6.95. The van der Waals surface area contributed by atoms with Crippen LogP contribution in [0.3, 0.4) is 0 Å². The summed E-state index contributed by atoms with van der Waals surface area (Å²) >= 11 is 6.37. The van der Waals surface area contributed by atoms with Crippen LogP contribution in [0.4, 0.5) is 5.13 Å². The topological polar surface area (TPSA) is 194 Å². The van der Waals surface area contributed by atoms with Crippen LogP contribution in [0, 0.1) is 0 Å². The highest BCUT2D eigenvalue weighted by molar-refractivity contribution is 7.84. The molecule has 192 valence electrons. The molecule has 3 rings (SSSR count). The minimum absolute atomic E-state index is 0.0553. The van der Waals surface area contributed by atoms with Crippen molar-refractivity contribution in [3.05, 3.63) is 47.0 Å². The smallest absolute Gasteiger partial charge is 0.365 e. The van der Waals surface area contributed by atoms with Crippen molar-refractivity contribution in [1.82, 2.24) is 14.6 Å². The van der Waals surface area contributed by atoms with Crippen molar-refractivity contribution in [3.8, 4) is 0 Å². The summed E-state index contributed by atoms with van der Waals surface area (Å²) in [7, 11) is -3.97. The van der Waals surface area contributed by atoms with Crippen LogP contribution in [0.15, 0.2) is 40.9 Å². The summed E-state index contributed by atoms with van der Waals surface area (Å²) in [5, 5.41) is 9.59. The maximum atomic E-state index is 12.9. The predicted molar refractivity (Wildman–Crippen MR) is 125 cm³/mol. The van der Waals surface area contributed by atoms with Crippen molar-refractivity contribution < 1.29 is 41.7 Å². The standard InChI is InChI=1S/C19H18ClN5O9S2/c1-33-24-14(11-9-35-19(21-11)22-12(26)8-20)16(28)23-15-17(29)25(36(30,31)32)18(15)34-13(27)7-10-5-3-2-4-6-10/h2-6,9,15,18H,7-8H2,1H3,(H,23,28)(H,21,22,26)(H,30,31,32)/b24-14-/t15-,18-/m1/s1. The van der Waals surface area contributed by atoms with Crippen molar-refractivity contribution in [2.24, 2.45) is 5.16 Å². The first kappa shape index (κ1) is 27.0. The molecule has 2 aromatic rings. The number of carbonyl (C=O) groups is 4. The second-order valence-corrected chi connectivity index (χ2v) is 9.36. The number of alkyl halides is 1. The van der Waals surface area contributed by atoms with Crippen molar-refractivity contribution in [3.63, 3.8) is 0 Å². The lowest BCUT2D eigenvalue weighted by Crippen LogP contribution is -2.73. The highest BCUT2D eigenvalue weighted by Gasteiger charge is 2.57. The van der Waals surface area contributed by atoms with E-state index in [1.807, 2.05) is 0 Å². The summed E-state index contributed by atoms with van der Waals surface area (Å²) in [6.07, 6.45) is -2.12. The van der Waals surface area contributed by atoms with Gasteiger partial charge in [-0.05, 0) is 5.56 Å². The molecule has 1 aromatic carbocycles. The largest absolute Gasteiger partial charge is 0.437 e. The number of hydrogen-bond donors (Lipinski definition) is 3. The number of esters is 1. The van der Waals surface area contributed by atoms with Crippen LogP contribution in [0.25, 0.3) is 0 Å². The molecule has 0 bridgehead atoms. The Morgan fingerprint density at radius 2 is 1.97 bits per heavy atom. The van der Waals surface area contributed by atoms with Gasteiger partial charge in [-0.15, -0.1) is 22.9 Å². The monoisotopic (exact) mass is 559 g/mol. The van der Waals surface area contributed by atoms with Gasteiger partial charge in [0, 0.05) is 5.38 Å². The fourth-order valence-corrected chi connectivity index (χ4v) is 4.52. The molecule has 3 N–H and O–H groups in total. The van der Waals surface area contributed by atoms with Crippen molar-refractivity contribution in [2.75, 3.05) is 18.3 Å². The number of β-lactam (4-membered cyclic amide) rings is 1. The fraction of sp³-hybridized carbons (Fsp3) is 0.263. The van der Waals surface area contributed by atoms with Crippen LogP contribution >= 0.6 is 22.9 Å². The highest BCUT2D eigenvalue weighted by Crippen LogP contribution is 2.26. The van der Waals surface area contributed by atoms with Crippen molar-refractivity contribution in [1.29, 1.82) is 0 Å². The molecule has 0 unspecified atom stereocenters. The number of oxime groups is 1. The molecule has 0 spiro atoms. The molecule has 14 nitrogen and oxygen atoms in total. The molecule has 3 amide bonds. The lowest BCUT2D eigenvalue weighted by Gasteiger charge is -2.42. The number of halogens is 1. The van der Waals surface area contributed by atoms with E-state index in [1.54, 1.807) is 30.3 Å². The number of benzene rings is 1. The molecule has 1 saturated heterocycles. The number of carbonyl (C=O) groups excluding carboxylic acids is 4. The van der Waals surface area contributed by atoms with Crippen molar-refractivity contribution >= 4 is 67.8 Å². The van der Waals surface area contributed by atoms with Crippen LogP contribution in [-0.4, -0.2) is 76.9 Å². The zero-order valence-electron chi connectivity index (χ0n) is 18.3. The average Bonchev–Trinajstić information content (AvgIpc) is 3.28. The third-order valence-corrected chi connectivity index (χ3v) is 6.38. The first-order valence-electron chi connectivity index (χ1n) is 9.83. The van der Waals surface area contributed by atoms with E-state index in [2.05, 4.69) is 25.6 Å². The molecule has 0 aliphatic carbocycles. The SMILES string of the molecule is CO/N=C(\C(=O)N[C@@H]1C(=O)N(S(=O)(=O)O)[C@@H]1OC(=O)Cc1ccccc1)c1csc(NC(=O)CCl)n1. The Labute approximate surface area is 213 Å². The number of thiazole rings is 1. The van der Waals surface area contributed by atoms with Gasteiger partial charge in [0.2, 0.25) is 12.1 Å². The fourth-order valence-electron chi connectivity index (χ4n) is 2.97. The normalized spacial score (nSPS) is 17.7. The molecule has 0 saturated carbocycles. The number of aromatic nitrogens is 1.